The number of hydrogen-bond acceptors (Lipinski definition) is 2. The van der Waals surface area contributed by atoms with Gasteiger partial charge in [0.25, 0.3) is 0 Å². The van der Waals surface area contributed by atoms with Crippen LogP contribution in [-0.2, 0) is 11.3 Å². The number of benzene rings is 1. The zero-order chi connectivity index (χ0) is 12.0. The van der Waals surface area contributed by atoms with Gasteiger partial charge in [0, 0.05) is 13.1 Å². The Kier molecular flexibility index (Phi) is 5.50. The van der Waals surface area contributed by atoms with E-state index in [0.29, 0.717) is 6.10 Å². The van der Waals surface area contributed by atoms with E-state index in [1.165, 1.54) is 16.7 Å². The molecule has 2 nitrogen and oxygen atoms in total. The SMILES string of the molecule is Cc1cc(C)cc(CNCCOC(C)C)c1. The topological polar surface area (TPSA) is 21.3 Å². The average molecular weight is 221 g/mol. The lowest BCUT2D eigenvalue weighted by atomic mass is 10.1. The van der Waals surface area contributed by atoms with Gasteiger partial charge in [0.2, 0.25) is 0 Å². The predicted octanol–water partition coefficient (Wildman–Crippen LogP) is 2.82. The quantitative estimate of drug-likeness (QED) is 0.746. The Balaban J connectivity index is 2.26. The number of ether oxygens (including phenoxy) is 1. The van der Waals surface area contributed by atoms with Crippen LogP contribution in [0.4, 0.5) is 0 Å². The molecule has 1 N–H and O–H groups in total. The highest BCUT2D eigenvalue weighted by atomic mass is 16.5. The second-order valence-corrected chi connectivity index (χ2v) is 4.59. The van der Waals surface area contributed by atoms with Crippen LogP contribution in [0.25, 0.3) is 0 Å². The lowest BCUT2D eigenvalue weighted by Gasteiger charge is -2.09. The molecule has 0 radical (unpaired) electrons. The maximum absolute atomic E-state index is 5.46. The summed E-state index contributed by atoms with van der Waals surface area (Å²) in [7, 11) is 0. The highest BCUT2D eigenvalue weighted by Crippen LogP contribution is 2.08. The van der Waals surface area contributed by atoms with Gasteiger partial charge in [-0.1, -0.05) is 29.3 Å². The summed E-state index contributed by atoms with van der Waals surface area (Å²) in [6.07, 6.45) is 0.322. The van der Waals surface area contributed by atoms with Crippen molar-refractivity contribution in [3.8, 4) is 0 Å². The van der Waals surface area contributed by atoms with Crippen LogP contribution >= 0.6 is 0 Å². The first-order chi connectivity index (χ1) is 7.58. The normalized spacial score (nSPS) is 11.1. The van der Waals surface area contributed by atoms with E-state index in [9.17, 15) is 0 Å². The Hall–Kier alpha value is -0.860. The Morgan fingerprint density at radius 1 is 1.12 bits per heavy atom. The summed E-state index contributed by atoms with van der Waals surface area (Å²) in [5, 5.41) is 3.39. The predicted molar refractivity (Wildman–Crippen MR) is 68.7 cm³/mol. The fourth-order valence-corrected chi connectivity index (χ4v) is 1.77. The first-order valence-corrected chi connectivity index (χ1v) is 5.97. The molecule has 0 aliphatic rings. The molecule has 0 atom stereocenters. The Labute approximate surface area is 99.0 Å². The molecular weight excluding hydrogens is 198 g/mol. The van der Waals surface area contributed by atoms with E-state index in [0.717, 1.165) is 19.7 Å². The van der Waals surface area contributed by atoms with Gasteiger partial charge in [-0.25, -0.2) is 0 Å². The van der Waals surface area contributed by atoms with Crippen molar-refractivity contribution in [2.45, 2.75) is 40.3 Å². The highest BCUT2D eigenvalue weighted by Gasteiger charge is 1.96. The molecule has 0 bridgehead atoms. The molecule has 0 aromatic heterocycles. The third-order valence-corrected chi connectivity index (χ3v) is 2.34. The maximum Gasteiger partial charge on any atom is 0.0594 e. The molecule has 1 rings (SSSR count). The summed E-state index contributed by atoms with van der Waals surface area (Å²) in [6, 6.07) is 6.65. The minimum absolute atomic E-state index is 0.322. The molecular formula is C14H23NO. The molecule has 0 fully saturated rings. The van der Waals surface area contributed by atoms with Crippen molar-refractivity contribution < 1.29 is 4.74 Å². The summed E-state index contributed by atoms with van der Waals surface area (Å²) >= 11 is 0. The minimum Gasteiger partial charge on any atom is -0.377 e. The van der Waals surface area contributed by atoms with Crippen LogP contribution in [0.5, 0.6) is 0 Å². The summed E-state index contributed by atoms with van der Waals surface area (Å²) in [4.78, 5) is 0. The van der Waals surface area contributed by atoms with E-state index < -0.39 is 0 Å². The standard InChI is InChI=1S/C14H23NO/c1-11(2)16-6-5-15-10-14-8-12(3)7-13(4)9-14/h7-9,11,15H,5-6,10H2,1-4H3. The fourth-order valence-electron chi connectivity index (χ4n) is 1.77. The van der Waals surface area contributed by atoms with E-state index in [2.05, 4.69) is 51.2 Å². The van der Waals surface area contributed by atoms with Crippen molar-refractivity contribution in [3.63, 3.8) is 0 Å². The molecule has 2 heteroatoms. The molecule has 0 spiro atoms. The monoisotopic (exact) mass is 221 g/mol. The highest BCUT2D eigenvalue weighted by molar-refractivity contribution is 5.28. The molecule has 90 valence electrons. The van der Waals surface area contributed by atoms with Crippen molar-refractivity contribution >= 4 is 0 Å². The smallest absolute Gasteiger partial charge is 0.0594 e. The number of aryl methyl sites for hydroxylation is 2. The summed E-state index contributed by atoms with van der Waals surface area (Å²) in [5.74, 6) is 0. The molecule has 16 heavy (non-hydrogen) atoms. The van der Waals surface area contributed by atoms with Gasteiger partial charge in [0.15, 0.2) is 0 Å². The molecule has 0 saturated heterocycles. The van der Waals surface area contributed by atoms with Crippen LogP contribution in [0, 0.1) is 13.8 Å². The molecule has 0 heterocycles. The van der Waals surface area contributed by atoms with Gasteiger partial charge in [0.05, 0.1) is 12.7 Å². The van der Waals surface area contributed by atoms with E-state index in [4.69, 9.17) is 4.74 Å². The molecule has 1 aromatic rings. The summed E-state index contributed by atoms with van der Waals surface area (Å²) in [6.45, 7) is 11.0. The van der Waals surface area contributed by atoms with E-state index in [-0.39, 0.29) is 0 Å². The van der Waals surface area contributed by atoms with Gasteiger partial charge < -0.3 is 10.1 Å². The van der Waals surface area contributed by atoms with Gasteiger partial charge in [-0.2, -0.15) is 0 Å². The van der Waals surface area contributed by atoms with Crippen molar-refractivity contribution in [1.82, 2.24) is 5.32 Å². The van der Waals surface area contributed by atoms with Gasteiger partial charge in [0.1, 0.15) is 0 Å². The molecule has 1 aromatic carbocycles. The van der Waals surface area contributed by atoms with Crippen molar-refractivity contribution in [2.24, 2.45) is 0 Å². The fraction of sp³-hybridized carbons (Fsp3) is 0.571. The van der Waals surface area contributed by atoms with Crippen LogP contribution < -0.4 is 5.32 Å². The maximum atomic E-state index is 5.46. The third kappa shape index (κ3) is 5.29. The molecule has 0 unspecified atom stereocenters. The second-order valence-electron chi connectivity index (χ2n) is 4.59. The first-order valence-electron chi connectivity index (χ1n) is 5.97. The zero-order valence-corrected chi connectivity index (χ0v) is 10.8. The second kappa shape index (κ2) is 6.66. The van der Waals surface area contributed by atoms with Gasteiger partial charge in [-0.3, -0.25) is 0 Å². The van der Waals surface area contributed by atoms with Crippen molar-refractivity contribution in [3.05, 3.63) is 34.9 Å². The Morgan fingerprint density at radius 3 is 2.31 bits per heavy atom. The van der Waals surface area contributed by atoms with Crippen LogP contribution in [-0.4, -0.2) is 19.3 Å². The molecule has 0 aliphatic carbocycles. The van der Waals surface area contributed by atoms with Crippen LogP contribution in [0.1, 0.15) is 30.5 Å². The Morgan fingerprint density at radius 2 is 1.75 bits per heavy atom. The van der Waals surface area contributed by atoms with Crippen LogP contribution in [0.2, 0.25) is 0 Å². The van der Waals surface area contributed by atoms with Crippen LogP contribution in [0.15, 0.2) is 18.2 Å². The largest absolute Gasteiger partial charge is 0.377 e. The third-order valence-electron chi connectivity index (χ3n) is 2.34. The van der Waals surface area contributed by atoms with Gasteiger partial charge in [-0.15, -0.1) is 0 Å². The summed E-state index contributed by atoms with van der Waals surface area (Å²) in [5.41, 5.74) is 4.01. The number of nitrogens with one attached hydrogen (secondary N) is 1. The zero-order valence-electron chi connectivity index (χ0n) is 10.8. The van der Waals surface area contributed by atoms with E-state index >= 15 is 0 Å². The number of hydrogen-bond donors (Lipinski definition) is 1. The lowest BCUT2D eigenvalue weighted by molar-refractivity contribution is 0.0807. The van der Waals surface area contributed by atoms with Gasteiger partial charge >= 0.3 is 0 Å². The average Bonchev–Trinajstić information content (AvgIpc) is 2.15. The summed E-state index contributed by atoms with van der Waals surface area (Å²) < 4.78 is 5.46. The van der Waals surface area contributed by atoms with Crippen LogP contribution in [0.3, 0.4) is 0 Å². The Bertz CT molecular complexity index is 300. The molecule has 0 aliphatic heterocycles. The van der Waals surface area contributed by atoms with Gasteiger partial charge in [-0.05, 0) is 33.3 Å². The number of rotatable bonds is 6. The first kappa shape index (κ1) is 13.2. The minimum atomic E-state index is 0.322. The van der Waals surface area contributed by atoms with Crippen molar-refractivity contribution in [2.75, 3.05) is 13.2 Å². The van der Waals surface area contributed by atoms with E-state index in [1.54, 1.807) is 0 Å². The van der Waals surface area contributed by atoms with E-state index in [1.807, 2.05) is 0 Å². The van der Waals surface area contributed by atoms with Crippen molar-refractivity contribution in [1.29, 1.82) is 0 Å². The molecule has 0 amide bonds. The molecule has 0 saturated carbocycles. The lowest BCUT2D eigenvalue weighted by Crippen LogP contribution is -2.21.